The molecule has 0 aliphatic heterocycles. The number of hydrogen-bond acceptors (Lipinski definition) is 21. The molecule has 59 heavy (non-hydrogen) atoms. The van der Waals surface area contributed by atoms with Crippen molar-refractivity contribution in [1.29, 1.82) is 0 Å². The van der Waals surface area contributed by atoms with Crippen LogP contribution >= 0.6 is 24.1 Å². The Bertz CT molecular complexity index is 2430. The number of carboxylic acid groups (broad SMARTS) is 1. The molecule has 0 saturated heterocycles. The number of aromatic hydroxyl groups is 3. The molecular weight excluding hydrogens is 888 g/mol. The first-order valence-electron chi connectivity index (χ1n) is 16.5. The summed E-state index contributed by atoms with van der Waals surface area (Å²) in [6.45, 7) is 6.31. The molecule has 5 aromatic rings. The van der Waals surface area contributed by atoms with Gasteiger partial charge in [-0.25, -0.2) is 13.1 Å². The van der Waals surface area contributed by atoms with Crippen LogP contribution in [0.1, 0.15) is 37.6 Å². The smallest absolute Gasteiger partial charge is 0.240 e. The van der Waals surface area contributed by atoms with Crippen LogP contribution in [0.4, 0.5) is 22.7 Å². The molecule has 6 N–H and O–H groups in total. The van der Waals surface area contributed by atoms with Gasteiger partial charge < -0.3 is 46.2 Å². The van der Waals surface area contributed by atoms with E-state index >= 15 is 0 Å². The van der Waals surface area contributed by atoms with E-state index in [2.05, 4.69) is 43.9 Å². The Morgan fingerprint density at radius 1 is 0.847 bits per heavy atom. The van der Waals surface area contributed by atoms with Crippen molar-refractivity contribution in [3.63, 3.8) is 0 Å². The van der Waals surface area contributed by atoms with E-state index in [1.165, 1.54) is 49.6 Å². The summed E-state index contributed by atoms with van der Waals surface area (Å²) >= 11 is 0.845. The molecule has 20 nitrogen and oxygen atoms in total. The van der Waals surface area contributed by atoms with Crippen molar-refractivity contribution in [2.24, 2.45) is 26.2 Å². The molecule has 0 saturated carbocycles. The minimum absolute atomic E-state index is 0. The molecule has 0 unspecified atom stereocenters. The van der Waals surface area contributed by atoms with E-state index in [9.17, 15) is 44.2 Å². The number of phenolic OH excluding ortho intramolecular Hbond substituents is 2. The molecule has 0 bridgehead atoms. The van der Waals surface area contributed by atoms with E-state index in [0.717, 1.165) is 24.3 Å². The molecule has 5 rings (SSSR count). The number of carbonyl (C=O) groups is 1. The Morgan fingerprint density at radius 2 is 1.51 bits per heavy atom. The van der Waals surface area contributed by atoms with E-state index in [1.807, 2.05) is 20.8 Å². The quantitative estimate of drug-likeness (QED) is 0.0208. The molecule has 1 radical (unpaired) electrons. The van der Waals surface area contributed by atoms with E-state index in [-0.39, 0.29) is 82.7 Å². The van der Waals surface area contributed by atoms with Crippen LogP contribution in [-0.2, 0) is 50.6 Å². The van der Waals surface area contributed by atoms with Gasteiger partial charge in [0.2, 0.25) is 10.0 Å². The van der Waals surface area contributed by atoms with Crippen molar-refractivity contribution in [2.75, 3.05) is 20.3 Å². The van der Waals surface area contributed by atoms with Gasteiger partial charge >= 0.3 is 0 Å². The number of ether oxygens (including phenoxy) is 1. The van der Waals surface area contributed by atoms with Crippen molar-refractivity contribution in [1.82, 2.24) is 4.72 Å². The first-order valence-corrected chi connectivity index (χ1v) is 19.5. The number of sulfonamides is 1. The van der Waals surface area contributed by atoms with Gasteiger partial charge in [-0.3, -0.25) is 10.1 Å². The second-order valence-corrected chi connectivity index (χ2v) is 16.1. The van der Waals surface area contributed by atoms with Crippen molar-refractivity contribution in [3.05, 3.63) is 72.3 Å². The molecule has 0 heterocycles. The van der Waals surface area contributed by atoms with Gasteiger partial charge in [-0.15, -0.1) is 15.3 Å². The third-order valence-electron chi connectivity index (χ3n) is 7.23. The summed E-state index contributed by atoms with van der Waals surface area (Å²) < 4.78 is 41.7. The zero-order valence-corrected chi connectivity index (χ0v) is 34.6. The van der Waals surface area contributed by atoms with E-state index in [4.69, 9.17) is 10.5 Å². The average molecular weight is 923 g/mol. The molecule has 0 aliphatic carbocycles. The Hall–Kier alpha value is -4.50. The summed E-state index contributed by atoms with van der Waals surface area (Å²) in [5, 5.41) is 89.4. The van der Waals surface area contributed by atoms with Gasteiger partial charge in [-0.05, 0) is 86.5 Å². The second-order valence-electron chi connectivity index (χ2n) is 12.8. The van der Waals surface area contributed by atoms with E-state index < -0.39 is 38.8 Å². The maximum atomic E-state index is 12.8. The van der Waals surface area contributed by atoms with Gasteiger partial charge in [0.25, 0.3) is 0 Å². The number of azo groups is 2. The second kappa shape index (κ2) is 22.2. The van der Waals surface area contributed by atoms with Gasteiger partial charge in [-0.2, -0.15) is 13.8 Å². The average Bonchev–Trinajstić information content (AvgIpc) is 3.17. The van der Waals surface area contributed by atoms with Crippen LogP contribution in [0.5, 0.6) is 17.2 Å². The summed E-state index contributed by atoms with van der Waals surface area (Å²) in [6, 6.07) is 14.7. The normalized spacial score (nSPS) is 11.9. The number of fused-ring (bicyclic) bond motifs is 2. The van der Waals surface area contributed by atoms with Crippen LogP contribution in [0, 0.1) is 0 Å². The SMILES string of the molecule is CC(C)(C)N.COCCCNS(=O)(=O)c1ccc(O)c(N=Nc2c(SOO[O-])cc3ccc(N=Nc4c(O)c(C(=O)[O-])cc5cccc(SOO[O-])c45)cc3c2O)c1.[Cu]. The fourth-order valence-electron chi connectivity index (χ4n) is 4.84. The maximum absolute atomic E-state index is 12.8. The molecule has 321 valence electrons. The summed E-state index contributed by atoms with van der Waals surface area (Å²) in [6.07, 6.45) is 0.407. The number of nitrogens with two attached hydrogens (primary N) is 1. The number of carboxylic acids is 1. The third kappa shape index (κ3) is 13.5. The van der Waals surface area contributed by atoms with Crippen LogP contribution in [0.15, 0.2) is 102 Å². The molecule has 0 atom stereocenters. The number of nitrogens with one attached hydrogen (secondary N) is 1. The van der Waals surface area contributed by atoms with Crippen LogP contribution in [0.2, 0.25) is 0 Å². The molecule has 24 heteroatoms. The van der Waals surface area contributed by atoms with Gasteiger partial charge in [-0.1, -0.05) is 18.2 Å². The molecule has 0 amide bonds. The predicted octanol–water partition coefficient (Wildman–Crippen LogP) is 4.82. The Morgan fingerprint density at radius 3 is 2.15 bits per heavy atom. The first kappa shape index (κ1) is 48.9. The number of benzene rings is 5. The molecule has 0 aliphatic rings. The number of phenols is 3. The largest absolute Gasteiger partial charge is 0.691 e. The van der Waals surface area contributed by atoms with Gasteiger partial charge in [0.15, 0.2) is 11.5 Å². The number of nitrogens with zero attached hydrogens (tertiary/aromatic N) is 4. The first-order chi connectivity index (χ1) is 27.5. The van der Waals surface area contributed by atoms with Crippen molar-refractivity contribution < 1.29 is 84.7 Å². The third-order valence-corrected chi connectivity index (χ3v) is 9.95. The Labute approximate surface area is 355 Å². The van der Waals surface area contributed by atoms with Crippen molar-refractivity contribution in [2.45, 2.75) is 47.4 Å². The minimum atomic E-state index is -4.01. The summed E-state index contributed by atoms with van der Waals surface area (Å²) in [5.41, 5.74) is 3.91. The molecule has 5 aromatic carbocycles. The maximum Gasteiger partial charge on any atom is 0.240 e. The van der Waals surface area contributed by atoms with E-state index in [1.54, 1.807) is 0 Å². The van der Waals surface area contributed by atoms with E-state index in [0.29, 0.717) is 42.5 Å². The Kier molecular flexibility index (Phi) is 18.4. The molecule has 0 aromatic heterocycles. The van der Waals surface area contributed by atoms with Gasteiger partial charge in [0.1, 0.15) is 22.8 Å². The van der Waals surface area contributed by atoms with Crippen molar-refractivity contribution >= 4 is 84.4 Å². The predicted molar refractivity (Wildman–Crippen MR) is 204 cm³/mol. The Balaban J connectivity index is 0.00000146. The molecule has 0 fully saturated rings. The van der Waals surface area contributed by atoms with Crippen LogP contribution in [0.25, 0.3) is 21.5 Å². The van der Waals surface area contributed by atoms with Gasteiger partial charge in [0, 0.05) is 64.1 Å². The summed E-state index contributed by atoms with van der Waals surface area (Å²) in [4.78, 5) is 11.8. The number of methoxy groups -OCH3 is 1. The fourth-order valence-corrected chi connectivity index (χ4v) is 6.95. The minimum Gasteiger partial charge on any atom is -0.691 e. The summed E-state index contributed by atoms with van der Waals surface area (Å²) in [5.74, 6) is -3.49. The number of carbonyl (C=O) groups excluding carboxylic acids is 1. The zero-order valence-electron chi connectivity index (χ0n) is 31.2. The number of rotatable bonds is 17. The zero-order chi connectivity index (χ0) is 42.6. The van der Waals surface area contributed by atoms with Gasteiger partial charge in [0.05, 0.1) is 45.5 Å². The molecule has 0 spiro atoms. The number of aromatic carboxylic acids is 1. The molecular formula is C35H35CuN6O14S3-3. The fraction of sp³-hybridized carbons (Fsp3) is 0.229. The van der Waals surface area contributed by atoms with Crippen molar-refractivity contribution in [3.8, 4) is 17.2 Å². The monoisotopic (exact) mass is 922 g/mol. The topological polar surface area (TPSA) is 315 Å². The summed E-state index contributed by atoms with van der Waals surface area (Å²) in [7, 11) is -2.54. The number of hydrogen-bond donors (Lipinski definition) is 5. The standard InChI is InChI=1S/C31H27N5O14S3.C4H11N.Cu/c1-46-11-3-10-32-53(44,45)19-8-9-23(37)22(15-19)34-35-27-25(52-50-48-43)13-16-6-7-18(14-20(16)29(27)38)33-36-28-26-17(12-21(30(28)39)31(40)41)4-2-5-24(26)51-49-47-42;1-4(2,3)5;/h2,4-9,12-15,32,37-39,42-43H,3,10-11H2,1H3,(H,40,41);5H2,1-3H3;/p-3. The van der Waals surface area contributed by atoms with Crippen LogP contribution < -0.4 is 26.1 Å². The van der Waals surface area contributed by atoms with Crippen LogP contribution in [-0.4, -0.2) is 55.5 Å². The van der Waals surface area contributed by atoms with Crippen LogP contribution in [0.3, 0.4) is 0 Å².